The topological polar surface area (TPSA) is 108 Å². The monoisotopic (exact) mass is 476 g/mol. The summed E-state index contributed by atoms with van der Waals surface area (Å²) >= 11 is 12.0. The fraction of sp³-hybridized carbons (Fsp3) is 0.444. The minimum absolute atomic E-state index is 0.0250. The Labute approximate surface area is 185 Å². The molecule has 2 aliphatic heterocycles. The Kier molecular flexibility index (Phi) is 7.25. The Morgan fingerprint density at radius 1 is 1.20 bits per heavy atom. The van der Waals surface area contributed by atoms with Gasteiger partial charge in [-0.2, -0.15) is 4.31 Å². The summed E-state index contributed by atoms with van der Waals surface area (Å²) in [5.41, 5.74) is 0.823. The smallest absolute Gasteiger partial charge is 0.337 e. The first-order chi connectivity index (χ1) is 14.2. The second-order valence-corrected chi connectivity index (χ2v) is 9.49. The van der Waals surface area contributed by atoms with E-state index in [0.717, 1.165) is 0 Å². The van der Waals surface area contributed by atoms with Gasteiger partial charge < -0.3 is 15.4 Å². The number of hydrogen-bond donors (Lipinski definition) is 2. The van der Waals surface area contributed by atoms with Gasteiger partial charge >= 0.3 is 12.0 Å². The average Bonchev–Trinajstić information content (AvgIpc) is 2.70. The van der Waals surface area contributed by atoms with Gasteiger partial charge in [0.15, 0.2) is 0 Å². The zero-order chi connectivity index (χ0) is 21.9. The maximum atomic E-state index is 12.9. The van der Waals surface area contributed by atoms with Crippen molar-refractivity contribution in [2.24, 2.45) is 0 Å². The van der Waals surface area contributed by atoms with Crippen LogP contribution in [0.4, 0.5) is 4.79 Å². The minimum Gasteiger partial charge on any atom is -0.463 e. The zero-order valence-corrected chi connectivity index (χ0v) is 18.6. The average molecular weight is 477 g/mol. The van der Waals surface area contributed by atoms with Gasteiger partial charge in [-0.15, -0.1) is 0 Å². The number of hydrogen-bond acceptors (Lipinski definition) is 6. The number of piperazine rings is 1. The standard InChI is InChI=1S/C18H22Cl2N4O5S/c1-2-29-17(25)13-10-21-18(26)22-15(13)11-23-5-7-24(8-6-23)30(27,28)16-9-12(19)3-4-14(16)20/h3-4,9H,2,5-8,10-11H2,1H3,(H2,21,22,26). The van der Waals surface area contributed by atoms with Crippen molar-refractivity contribution in [1.29, 1.82) is 0 Å². The molecule has 2 N–H and O–H groups in total. The van der Waals surface area contributed by atoms with Crippen molar-refractivity contribution < 1.29 is 22.7 Å². The summed E-state index contributed by atoms with van der Waals surface area (Å²) in [4.78, 5) is 25.8. The summed E-state index contributed by atoms with van der Waals surface area (Å²) < 4.78 is 32.3. The van der Waals surface area contributed by atoms with E-state index in [1.54, 1.807) is 6.92 Å². The maximum Gasteiger partial charge on any atom is 0.337 e. The third-order valence-electron chi connectivity index (χ3n) is 4.80. The van der Waals surface area contributed by atoms with E-state index in [2.05, 4.69) is 10.6 Å². The molecule has 1 saturated heterocycles. The van der Waals surface area contributed by atoms with Gasteiger partial charge in [0, 0.05) is 43.4 Å². The number of nitrogens with zero attached hydrogens (tertiary/aromatic N) is 2. The van der Waals surface area contributed by atoms with Gasteiger partial charge in [-0.25, -0.2) is 18.0 Å². The molecule has 1 fully saturated rings. The second-order valence-electron chi connectivity index (χ2n) is 6.74. The lowest BCUT2D eigenvalue weighted by molar-refractivity contribution is -0.138. The van der Waals surface area contributed by atoms with Crippen LogP contribution in [0.2, 0.25) is 10.0 Å². The van der Waals surface area contributed by atoms with Crippen molar-refractivity contribution >= 4 is 45.2 Å². The number of ether oxygens (including phenoxy) is 1. The summed E-state index contributed by atoms with van der Waals surface area (Å²) in [6.07, 6.45) is 0. The normalized spacial score (nSPS) is 18.7. The molecule has 2 aliphatic rings. The molecule has 0 aromatic heterocycles. The number of benzene rings is 1. The third-order valence-corrected chi connectivity index (χ3v) is 7.42. The quantitative estimate of drug-likeness (QED) is 0.601. The molecule has 0 bridgehead atoms. The van der Waals surface area contributed by atoms with Gasteiger partial charge in [-0.3, -0.25) is 4.90 Å². The first-order valence-corrected chi connectivity index (χ1v) is 11.5. The van der Waals surface area contributed by atoms with Crippen LogP contribution >= 0.6 is 23.2 Å². The van der Waals surface area contributed by atoms with E-state index in [4.69, 9.17) is 27.9 Å². The SMILES string of the molecule is CCOC(=O)C1=C(CN2CCN(S(=O)(=O)c3cc(Cl)ccc3Cl)CC2)NC(=O)NC1. The molecule has 164 valence electrons. The number of nitrogens with one attached hydrogen (secondary N) is 2. The zero-order valence-electron chi connectivity index (χ0n) is 16.3. The Hall–Kier alpha value is -1.85. The molecule has 12 heteroatoms. The van der Waals surface area contributed by atoms with Crippen molar-refractivity contribution in [2.45, 2.75) is 11.8 Å². The van der Waals surface area contributed by atoms with E-state index in [0.29, 0.717) is 30.9 Å². The summed E-state index contributed by atoms with van der Waals surface area (Å²) in [6.45, 7) is 3.62. The third kappa shape index (κ3) is 5.06. The number of esters is 1. The van der Waals surface area contributed by atoms with Crippen LogP contribution in [0.15, 0.2) is 34.4 Å². The fourth-order valence-corrected chi connectivity index (χ4v) is 5.41. The van der Waals surface area contributed by atoms with Crippen LogP contribution in [0, 0.1) is 0 Å². The first kappa shape index (κ1) is 22.8. The molecule has 0 atom stereocenters. The Balaban J connectivity index is 1.69. The summed E-state index contributed by atoms with van der Waals surface area (Å²) in [7, 11) is -3.79. The second kappa shape index (κ2) is 9.52. The van der Waals surface area contributed by atoms with Crippen LogP contribution in [0.5, 0.6) is 0 Å². The highest BCUT2D eigenvalue weighted by molar-refractivity contribution is 7.89. The lowest BCUT2D eigenvalue weighted by atomic mass is 10.1. The molecule has 0 aliphatic carbocycles. The lowest BCUT2D eigenvalue weighted by Crippen LogP contribution is -2.52. The molecule has 0 radical (unpaired) electrons. The number of carbonyl (C=O) groups excluding carboxylic acids is 2. The van der Waals surface area contributed by atoms with E-state index in [-0.39, 0.29) is 41.2 Å². The number of carbonyl (C=O) groups is 2. The number of amides is 2. The van der Waals surface area contributed by atoms with E-state index in [1.807, 2.05) is 4.90 Å². The predicted octanol–water partition coefficient (Wildman–Crippen LogP) is 1.43. The highest BCUT2D eigenvalue weighted by Crippen LogP contribution is 2.28. The summed E-state index contributed by atoms with van der Waals surface area (Å²) in [5, 5.41) is 5.62. The van der Waals surface area contributed by atoms with Crippen LogP contribution in [0.3, 0.4) is 0 Å². The van der Waals surface area contributed by atoms with Crippen LogP contribution in [-0.2, 0) is 19.6 Å². The van der Waals surface area contributed by atoms with E-state index >= 15 is 0 Å². The number of rotatable bonds is 6. The Bertz CT molecular complexity index is 975. The van der Waals surface area contributed by atoms with Crippen LogP contribution in [0.25, 0.3) is 0 Å². The van der Waals surface area contributed by atoms with Crippen molar-refractivity contribution in [3.8, 4) is 0 Å². The van der Waals surface area contributed by atoms with Gasteiger partial charge in [0.05, 0.1) is 23.7 Å². The fourth-order valence-electron chi connectivity index (χ4n) is 3.25. The molecule has 9 nitrogen and oxygen atoms in total. The lowest BCUT2D eigenvalue weighted by Gasteiger charge is -2.35. The molecular weight excluding hydrogens is 455 g/mol. The number of halogens is 2. The van der Waals surface area contributed by atoms with Crippen LogP contribution < -0.4 is 10.6 Å². The molecule has 0 unspecified atom stereocenters. The summed E-state index contributed by atoms with van der Waals surface area (Å²) in [5.74, 6) is -0.489. The van der Waals surface area contributed by atoms with E-state index < -0.39 is 22.0 Å². The molecule has 3 rings (SSSR count). The Morgan fingerprint density at radius 2 is 1.90 bits per heavy atom. The van der Waals surface area contributed by atoms with Gasteiger partial charge in [-0.1, -0.05) is 23.2 Å². The molecule has 1 aromatic rings. The van der Waals surface area contributed by atoms with Crippen molar-refractivity contribution in [3.05, 3.63) is 39.5 Å². The molecule has 2 amide bonds. The van der Waals surface area contributed by atoms with Crippen LogP contribution in [0.1, 0.15) is 6.92 Å². The number of urea groups is 1. The van der Waals surface area contributed by atoms with Crippen molar-refractivity contribution in [2.75, 3.05) is 45.9 Å². The Morgan fingerprint density at radius 3 is 2.57 bits per heavy atom. The van der Waals surface area contributed by atoms with Crippen molar-refractivity contribution in [1.82, 2.24) is 19.8 Å². The van der Waals surface area contributed by atoms with Gasteiger partial charge in [0.1, 0.15) is 4.90 Å². The first-order valence-electron chi connectivity index (χ1n) is 9.34. The molecular formula is C18H22Cl2N4O5S. The van der Waals surface area contributed by atoms with Crippen LogP contribution in [-0.4, -0.2) is 75.5 Å². The van der Waals surface area contributed by atoms with E-state index in [1.165, 1.54) is 22.5 Å². The molecule has 0 spiro atoms. The molecule has 1 aromatic carbocycles. The van der Waals surface area contributed by atoms with Gasteiger partial charge in [-0.05, 0) is 25.1 Å². The minimum atomic E-state index is -3.79. The highest BCUT2D eigenvalue weighted by Gasteiger charge is 2.32. The summed E-state index contributed by atoms with van der Waals surface area (Å²) in [6, 6.07) is 3.93. The number of sulfonamides is 1. The van der Waals surface area contributed by atoms with Gasteiger partial charge in [0.2, 0.25) is 10.0 Å². The largest absolute Gasteiger partial charge is 0.463 e. The van der Waals surface area contributed by atoms with E-state index in [9.17, 15) is 18.0 Å². The molecule has 0 saturated carbocycles. The van der Waals surface area contributed by atoms with Gasteiger partial charge in [0.25, 0.3) is 0 Å². The molecule has 30 heavy (non-hydrogen) atoms. The maximum absolute atomic E-state index is 12.9. The predicted molar refractivity (Wildman–Crippen MR) is 112 cm³/mol. The highest BCUT2D eigenvalue weighted by atomic mass is 35.5. The molecule has 2 heterocycles. The van der Waals surface area contributed by atoms with Crippen molar-refractivity contribution in [3.63, 3.8) is 0 Å².